The molecule has 0 fully saturated rings. The first-order valence-corrected chi connectivity index (χ1v) is 17.4. The van der Waals surface area contributed by atoms with Crippen molar-refractivity contribution in [3.8, 4) is 0 Å². The second-order valence-corrected chi connectivity index (χ2v) is 13.1. The molecule has 264 valence electrons. The van der Waals surface area contributed by atoms with Gasteiger partial charge in [0.2, 0.25) is 11.8 Å². The number of ether oxygens (including phenoxy) is 2. The fourth-order valence-corrected chi connectivity index (χ4v) is 4.69. The number of benzene rings is 2. The van der Waals surface area contributed by atoms with Gasteiger partial charge < -0.3 is 41.4 Å². The maximum Gasteiger partial charge on any atom is 0.407 e. The van der Waals surface area contributed by atoms with Gasteiger partial charge >= 0.3 is 18.2 Å². The molecule has 6 N–H and O–H groups in total. The number of rotatable bonds is 17. The molecule has 0 aliphatic rings. The number of hydrogen-bond acceptors (Lipinski definition) is 8. The highest BCUT2D eigenvalue weighted by atomic mass is 32.2. The van der Waals surface area contributed by atoms with Crippen molar-refractivity contribution in [2.75, 3.05) is 30.4 Å². The Hall–Kier alpha value is -4.46. The molecule has 0 aliphatic heterocycles. The smallest absolute Gasteiger partial charge is 0.407 e. The van der Waals surface area contributed by atoms with Crippen LogP contribution >= 0.6 is 11.8 Å². The quantitative estimate of drug-likeness (QED) is 0.132. The van der Waals surface area contributed by atoms with Crippen LogP contribution in [0.1, 0.15) is 58.6 Å². The highest BCUT2D eigenvalue weighted by Crippen LogP contribution is 2.13. The van der Waals surface area contributed by atoms with Crippen molar-refractivity contribution >= 4 is 47.5 Å². The van der Waals surface area contributed by atoms with Crippen molar-refractivity contribution in [3.63, 3.8) is 0 Å². The molecule has 2 aromatic rings. The molecule has 0 spiro atoms. The van der Waals surface area contributed by atoms with Crippen molar-refractivity contribution in [2.24, 2.45) is 5.92 Å². The van der Waals surface area contributed by atoms with Gasteiger partial charge in [0.1, 0.15) is 24.3 Å². The van der Waals surface area contributed by atoms with E-state index in [2.05, 4.69) is 31.9 Å². The maximum atomic E-state index is 13.4. The third-order valence-electron chi connectivity index (χ3n) is 6.98. The molecule has 0 aliphatic carbocycles. The summed E-state index contributed by atoms with van der Waals surface area (Å²) in [4.78, 5) is 63.3. The Morgan fingerprint density at radius 1 is 0.812 bits per heavy atom. The Labute approximate surface area is 287 Å². The SMILES string of the molecule is CC[C@H](C)[C@H](NC(=O)[C@H](CCSC)NC(=O)Nc1ccc(CNC(=O)OC(C)(C)C)cc1)C(=O)NCCNC(=O)OCc1ccccc1. The Kier molecular flexibility index (Phi) is 17.1. The highest BCUT2D eigenvalue weighted by Gasteiger charge is 2.29. The van der Waals surface area contributed by atoms with Crippen LogP contribution in [0.25, 0.3) is 0 Å². The summed E-state index contributed by atoms with van der Waals surface area (Å²) in [5.74, 6) is -0.474. The minimum Gasteiger partial charge on any atom is -0.445 e. The zero-order valence-corrected chi connectivity index (χ0v) is 29.5. The summed E-state index contributed by atoms with van der Waals surface area (Å²) in [5, 5.41) is 16.3. The molecule has 0 heterocycles. The summed E-state index contributed by atoms with van der Waals surface area (Å²) < 4.78 is 10.4. The number of hydrogen-bond donors (Lipinski definition) is 6. The number of amides is 6. The molecule has 0 unspecified atom stereocenters. The molecule has 3 atom stereocenters. The predicted octanol–water partition coefficient (Wildman–Crippen LogP) is 4.53. The van der Waals surface area contributed by atoms with Gasteiger partial charge in [0.15, 0.2) is 0 Å². The summed E-state index contributed by atoms with van der Waals surface area (Å²) >= 11 is 1.53. The summed E-state index contributed by atoms with van der Waals surface area (Å²) in [6.07, 6.45) is 1.73. The zero-order valence-electron chi connectivity index (χ0n) is 28.6. The largest absolute Gasteiger partial charge is 0.445 e. The summed E-state index contributed by atoms with van der Waals surface area (Å²) in [5.41, 5.74) is 1.55. The molecule has 0 aromatic heterocycles. The van der Waals surface area contributed by atoms with E-state index < -0.39 is 47.7 Å². The first kappa shape index (κ1) is 39.7. The molecule has 0 bridgehead atoms. The van der Waals surface area contributed by atoms with Crippen molar-refractivity contribution in [1.29, 1.82) is 0 Å². The lowest BCUT2D eigenvalue weighted by Crippen LogP contribution is -2.56. The molecular formula is C34H50N6O7S. The second-order valence-electron chi connectivity index (χ2n) is 12.1. The zero-order chi connectivity index (χ0) is 35.5. The number of thioether (sulfide) groups is 1. The number of anilines is 1. The van der Waals surface area contributed by atoms with Gasteiger partial charge in [-0.1, -0.05) is 62.7 Å². The van der Waals surface area contributed by atoms with E-state index in [1.807, 2.05) is 50.4 Å². The minimum absolute atomic E-state index is 0.131. The summed E-state index contributed by atoms with van der Waals surface area (Å²) in [6, 6.07) is 13.8. The number of carbonyl (C=O) groups excluding carboxylic acids is 5. The van der Waals surface area contributed by atoms with Crippen molar-refractivity contribution in [3.05, 3.63) is 65.7 Å². The Morgan fingerprint density at radius 3 is 2.10 bits per heavy atom. The van der Waals surface area contributed by atoms with E-state index in [-0.39, 0.29) is 32.2 Å². The van der Waals surface area contributed by atoms with Gasteiger partial charge in [-0.15, -0.1) is 0 Å². The number of carbonyl (C=O) groups is 5. The standard InChI is InChI=1S/C34H50N6O7S/c1-7-23(2)28(30(42)35-18-19-36-32(44)46-22-25-11-9-8-10-12-25)40-29(41)27(17-20-48-6)39-31(43)38-26-15-13-24(14-16-26)21-37-33(45)47-34(3,4)5/h8-16,23,27-28H,7,17-22H2,1-6H3,(H,35,42)(H,36,44)(H,37,45)(H,40,41)(H2,38,39,43)/t23-,27-,28-/m0/s1. The predicted molar refractivity (Wildman–Crippen MR) is 187 cm³/mol. The van der Waals surface area contributed by atoms with E-state index in [9.17, 15) is 24.0 Å². The van der Waals surface area contributed by atoms with Crippen LogP contribution in [0.5, 0.6) is 0 Å². The third-order valence-corrected chi connectivity index (χ3v) is 7.62. The van der Waals surface area contributed by atoms with Crippen molar-refractivity contribution in [2.45, 2.75) is 78.3 Å². The summed E-state index contributed by atoms with van der Waals surface area (Å²) in [6.45, 7) is 9.77. The lowest BCUT2D eigenvalue weighted by molar-refractivity contribution is -0.131. The van der Waals surface area contributed by atoms with E-state index in [0.29, 0.717) is 24.3 Å². The van der Waals surface area contributed by atoms with Crippen molar-refractivity contribution < 1.29 is 33.4 Å². The normalized spacial score (nSPS) is 12.8. The van der Waals surface area contributed by atoms with E-state index in [0.717, 1.165) is 11.1 Å². The first-order valence-electron chi connectivity index (χ1n) is 16.0. The topological polar surface area (TPSA) is 176 Å². The number of nitrogens with one attached hydrogen (secondary N) is 6. The molecule has 0 saturated carbocycles. The average molecular weight is 687 g/mol. The average Bonchev–Trinajstić information content (AvgIpc) is 3.05. The molecule has 14 heteroatoms. The Morgan fingerprint density at radius 2 is 1.48 bits per heavy atom. The van der Waals surface area contributed by atoms with E-state index in [1.54, 1.807) is 45.0 Å². The van der Waals surface area contributed by atoms with Gasteiger partial charge in [0.25, 0.3) is 0 Å². The van der Waals surface area contributed by atoms with E-state index >= 15 is 0 Å². The van der Waals surface area contributed by atoms with Gasteiger partial charge in [0.05, 0.1) is 0 Å². The molecule has 13 nitrogen and oxygen atoms in total. The van der Waals surface area contributed by atoms with Crippen LogP contribution in [-0.4, -0.2) is 72.8 Å². The van der Waals surface area contributed by atoms with E-state index in [4.69, 9.17) is 9.47 Å². The highest BCUT2D eigenvalue weighted by molar-refractivity contribution is 7.98. The van der Waals surface area contributed by atoms with Crippen LogP contribution in [0.15, 0.2) is 54.6 Å². The monoisotopic (exact) mass is 686 g/mol. The summed E-state index contributed by atoms with van der Waals surface area (Å²) in [7, 11) is 0. The van der Waals surface area contributed by atoms with Crippen LogP contribution in [-0.2, 0) is 32.2 Å². The lowest BCUT2D eigenvalue weighted by Gasteiger charge is -2.26. The Bertz CT molecular complexity index is 1320. The molecule has 2 aromatic carbocycles. The van der Waals surface area contributed by atoms with Gasteiger partial charge in [-0.05, 0) is 68.4 Å². The Balaban J connectivity index is 1.88. The van der Waals surface area contributed by atoms with E-state index in [1.165, 1.54) is 11.8 Å². The molecule has 0 saturated heterocycles. The lowest BCUT2D eigenvalue weighted by atomic mass is 9.97. The first-order chi connectivity index (χ1) is 22.8. The minimum atomic E-state index is -0.893. The van der Waals surface area contributed by atoms with Crippen LogP contribution in [0, 0.1) is 5.92 Å². The van der Waals surface area contributed by atoms with Gasteiger partial charge in [-0.3, -0.25) is 9.59 Å². The van der Waals surface area contributed by atoms with Gasteiger partial charge in [-0.2, -0.15) is 11.8 Å². The molecule has 6 amide bonds. The number of alkyl carbamates (subject to hydrolysis) is 2. The van der Waals surface area contributed by atoms with Crippen molar-refractivity contribution in [1.82, 2.24) is 26.6 Å². The molecular weight excluding hydrogens is 636 g/mol. The molecule has 2 rings (SSSR count). The van der Waals surface area contributed by atoms with Gasteiger partial charge in [-0.25, -0.2) is 14.4 Å². The van der Waals surface area contributed by atoms with Crippen LogP contribution < -0.4 is 31.9 Å². The molecule has 48 heavy (non-hydrogen) atoms. The third kappa shape index (κ3) is 15.9. The fraction of sp³-hybridized carbons (Fsp3) is 0.500. The maximum absolute atomic E-state index is 13.4. The van der Waals surface area contributed by atoms with Crippen LogP contribution in [0.4, 0.5) is 20.1 Å². The van der Waals surface area contributed by atoms with Crippen LogP contribution in [0.2, 0.25) is 0 Å². The van der Waals surface area contributed by atoms with Gasteiger partial charge in [0, 0.05) is 25.3 Å². The van der Waals surface area contributed by atoms with Crippen LogP contribution in [0.3, 0.4) is 0 Å². The second kappa shape index (κ2) is 20.7. The fourth-order valence-electron chi connectivity index (χ4n) is 4.21. The number of urea groups is 1. The molecule has 0 radical (unpaired) electrons.